The van der Waals surface area contributed by atoms with Crippen molar-refractivity contribution in [3.8, 4) is 0 Å². The highest BCUT2D eigenvalue weighted by molar-refractivity contribution is 7.91. The van der Waals surface area contributed by atoms with Gasteiger partial charge in [-0.15, -0.1) is 0 Å². The van der Waals surface area contributed by atoms with E-state index in [1.165, 1.54) is 16.3 Å². The molecule has 1 atom stereocenters. The van der Waals surface area contributed by atoms with Crippen molar-refractivity contribution in [1.82, 2.24) is 0 Å². The fraction of sp³-hybridized carbons (Fsp3) is 0.412. The fourth-order valence-electron chi connectivity index (χ4n) is 2.56. The third-order valence-corrected chi connectivity index (χ3v) is 5.62. The van der Waals surface area contributed by atoms with Gasteiger partial charge in [-0.2, -0.15) is 0 Å². The highest BCUT2D eigenvalue weighted by atomic mass is 32.2. The first-order valence-electron chi connectivity index (χ1n) is 7.44. The van der Waals surface area contributed by atoms with E-state index in [0.717, 1.165) is 12.8 Å². The average molecular weight is 305 g/mol. The van der Waals surface area contributed by atoms with Gasteiger partial charge in [0.2, 0.25) is 0 Å². The minimum atomic E-state index is -2.88. The first kappa shape index (κ1) is 16.0. The second-order valence-electron chi connectivity index (χ2n) is 5.48. The molecule has 2 rings (SSSR count). The van der Waals surface area contributed by atoms with Gasteiger partial charge in [0.05, 0.1) is 5.75 Å². The molecule has 0 aliphatic carbocycles. The van der Waals surface area contributed by atoms with Crippen LogP contribution in [0.3, 0.4) is 0 Å². The standard InChI is InChI=1S/C17H23NO2S/c1-2-21(19,20)12-6-10-16(18)13-15-9-5-8-14-7-3-4-11-17(14)15/h3-5,7-9,11,16H,2,6,10,12-13,18H2,1H3. The molecule has 2 aromatic carbocycles. The van der Waals surface area contributed by atoms with Crippen molar-refractivity contribution in [1.29, 1.82) is 0 Å². The lowest BCUT2D eigenvalue weighted by Crippen LogP contribution is -2.24. The Labute approximate surface area is 127 Å². The number of hydrogen-bond acceptors (Lipinski definition) is 3. The summed E-state index contributed by atoms with van der Waals surface area (Å²) in [5.41, 5.74) is 7.41. The number of benzene rings is 2. The molecule has 21 heavy (non-hydrogen) atoms. The predicted molar refractivity (Wildman–Crippen MR) is 89.2 cm³/mol. The van der Waals surface area contributed by atoms with Gasteiger partial charge in [0, 0.05) is 11.8 Å². The summed E-state index contributed by atoms with van der Waals surface area (Å²) in [6.07, 6.45) is 2.16. The van der Waals surface area contributed by atoms with Crippen LogP contribution in [-0.2, 0) is 16.3 Å². The lowest BCUT2D eigenvalue weighted by atomic mass is 9.97. The Hall–Kier alpha value is -1.39. The lowest BCUT2D eigenvalue weighted by Gasteiger charge is -2.13. The third kappa shape index (κ3) is 4.55. The molecule has 4 heteroatoms. The maximum absolute atomic E-state index is 11.5. The monoisotopic (exact) mass is 305 g/mol. The van der Waals surface area contributed by atoms with Gasteiger partial charge in [-0.25, -0.2) is 8.42 Å². The lowest BCUT2D eigenvalue weighted by molar-refractivity contribution is 0.575. The largest absolute Gasteiger partial charge is 0.327 e. The minimum Gasteiger partial charge on any atom is -0.327 e. The van der Waals surface area contributed by atoms with Gasteiger partial charge in [0.1, 0.15) is 9.84 Å². The zero-order valence-electron chi connectivity index (χ0n) is 12.5. The van der Waals surface area contributed by atoms with Crippen LogP contribution in [-0.4, -0.2) is 26.0 Å². The summed E-state index contributed by atoms with van der Waals surface area (Å²) in [6, 6.07) is 14.5. The Kier molecular flexibility index (Phi) is 5.37. The van der Waals surface area contributed by atoms with Crippen molar-refractivity contribution in [2.45, 2.75) is 32.2 Å². The smallest absolute Gasteiger partial charge is 0.150 e. The summed E-state index contributed by atoms with van der Waals surface area (Å²) in [4.78, 5) is 0. The average Bonchev–Trinajstić information content (AvgIpc) is 2.47. The number of nitrogens with two attached hydrogens (primary N) is 1. The molecule has 0 amide bonds. The molecule has 3 nitrogen and oxygen atoms in total. The molecule has 1 unspecified atom stereocenters. The van der Waals surface area contributed by atoms with Crippen LogP contribution in [0.5, 0.6) is 0 Å². The van der Waals surface area contributed by atoms with Gasteiger partial charge in [0.25, 0.3) is 0 Å². The van der Waals surface area contributed by atoms with E-state index in [9.17, 15) is 8.42 Å². The number of rotatable bonds is 7. The van der Waals surface area contributed by atoms with Crippen molar-refractivity contribution in [3.05, 3.63) is 48.0 Å². The third-order valence-electron chi connectivity index (χ3n) is 3.83. The molecule has 2 N–H and O–H groups in total. The molecule has 0 heterocycles. The number of fused-ring (bicyclic) bond motifs is 1. The molecule has 2 aromatic rings. The second kappa shape index (κ2) is 7.05. The van der Waals surface area contributed by atoms with Crippen LogP contribution >= 0.6 is 0 Å². The van der Waals surface area contributed by atoms with Crippen molar-refractivity contribution < 1.29 is 8.42 Å². The van der Waals surface area contributed by atoms with Crippen LogP contribution < -0.4 is 5.73 Å². The Morgan fingerprint density at radius 3 is 2.57 bits per heavy atom. The molecule has 0 aromatic heterocycles. The van der Waals surface area contributed by atoms with E-state index in [2.05, 4.69) is 24.3 Å². The maximum atomic E-state index is 11.5. The first-order chi connectivity index (χ1) is 10.0. The summed E-state index contributed by atoms with van der Waals surface area (Å²) in [6.45, 7) is 1.69. The SMILES string of the molecule is CCS(=O)(=O)CCCC(N)Cc1cccc2ccccc12. The highest BCUT2D eigenvalue weighted by Gasteiger charge is 2.11. The normalized spacial score (nSPS) is 13.4. The van der Waals surface area contributed by atoms with Crippen LogP contribution in [0.4, 0.5) is 0 Å². The van der Waals surface area contributed by atoms with Crippen molar-refractivity contribution in [3.63, 3.8) is 0 Å². The van der Waals surface area contributed by atoms with E-state index in [0.29, 0.717) is 6.42 Å². The molecule has 0 aliphatic heterocycles. The number of hydrogen-bond donors (Lipinski definition) is 1. The van der Waals surface area contributed by atoms with Gasteiger partial charge in [-0.3, -0.25) is 0 Å². The van der Waals surface area contributed by atoms with E-state index in [1.807, 2.05) is 18.2 Å². The summed E-state index contributed by atoms with van der Waals surface area (Å²) < 4.78 is 22.9. The molecule has 0 radical (unpaired) electrons. The molecular weight excluding hydrogens is 282 g/mol. The van der Waals surface area contributed by atoms with Crippen LogP contribution in [0.15, 0.2) is 42.5 Å². The van der Waals surface area contributed by atoms with E-state index in [4.69, 9.17) is 5.73 Å². The molecule has 0 saturated heterocycles. The van der Waals surface area contributed by atoms with Crippen molar-refractivity contribution >= 4 is 20.6 Å². The van der Waals surface area contributed by atoms with Gasteiger partial charge >= 0.3 is 0 Å². The molecular formula is C17H23NO2S. The Morgan fingerprint density at radius 2 is 1.81 bits per heavy atom. The molecule has 0 fully saturated rings. The topological polar surface area (TPSA) is 60.2 Å². The van der Waals surface area contributed by atoms with Gasteiger partial charge in [-0.1, -0.05) is 49.4 Å². The summed E-state index contributed by atoms with van der Waals surface area (Å²) in [5.74, 6) is 0.457. The zero-order chi connectivity index (χ0) is 15.3. The maximum Gasteiger partial charge on any atom is 0.150 e. The van der Waals surface area contributed by atoms with Crippen LogP contribution in [0.25, 0.3) is 10.8 Å². The Bertz CT molecular complexity index is 690. The molecule has 0 aliphatic rings. The molecule has 0 spiro atoms. The van der Waals surface area contributed by atoms with E-state index >= 15 is 0 Å². The van der Waals surface area contributed by atoms with Crippen molar-refractivity contribution in [2.75, 3.05) is 11.5 Å². The predicted octanol–water partition coefficient (Wildman–Crippen LogP) is 2.92. The zero-order valence-corrected chi connectivity index (χ0v) is 13.3. The van der Waals surface area contributed by atoms with Crippen LogP contribution in [0.2, 0.25) is 0 Å². The summed E-state index contributed by atoms with van der Waals surface area (Å²) >= 11 is 0. The minimum absolute atomic E-state index is 0.00265. The summed E-state index contributed by atoms with van der Waals surface area (Å²) in [5, 5.41) is 2.45. The first-order valence-corrected chi connectivity index (χ1v) is 9.26. The van der Waals surface area contributed by atoms with Gasteiger partial charge < -0.3 is 5.73 Å². The Morgan fingerprint density at radius 1 is 1.10 bits per heavy atom. The quantitative estimate of drug-likeness (QED) is 0.855. The summed E-state index contributed by atoms with van der Waals surface area (Å²) in [7, 11) is -2.88. The fourth-order valence-corrected chi connectivity index (χ4v) is 3.46. The number of sulfone groups is 1. The van der Waals surface area contributed by atoms with Gasteiger partial charge in [0.15, 0.2) is 0 Å². The Balaban J connectivity index is 1.97. The molecule has 114 valence electrons. The van der Waals surface area contributed by atoms with Crippen LogP contribution in [0, 0.1) is 0 Å². The van der Waals surface area contributed by atoms with Crippen molar-refractivity contribution in [2.24, 2.45) is 5.73 Å². The van der Waals surface area contributed by atoms with E-state index in [1.54, 1.807) is 6.92 Å². The van der Waals surface area contributed by atoms with E-state index < -0.39 is 9.84 Å². The molecule has 0 saturated carbocycles. The van der Waals surface area contributed by atoms with Gasteiger partial charge in [-0.05, 0) is 35.6 Å². The van der Waals surface area contributed by atoms with Crippen LogP contribution in [0.1, 0.15) is 25.3 Å². The van der Waals surface area contributed by atoms with E-state index in [-0.39, 0.29) is 17.5 Å². The molecule has 0 bridgehead atoms. The highest BCUT2D eigenvalue weighted by Crippen LogP contribution is 2.20. The second-order valence-corrected chi connectivity index (χ2v) is 7.95.